The van der Waals surface area contributed by atoms with E-state index < -0.39 is 12.1 Å². The topological polar surface area (TPSA) is 55.8 Å². The van der Waals surface area contributed by atoms with Crippen molar-refractivity contribution in [1.29, 1.82) is 0 Å². The van der Waals surface area contributed by atoms with Crippen molar-refractivity contribution in [3.63, 3.8) is 0 Å². The van der Waals surface area contributed by atoms with Crippen LogP contribution in [0.1, 0.15) is 30.9 Å². The summed E-state index contributed by atoms with van der Waals surface area (Å²) < 4.78 is 0. The molecule has 1 amide bonds. The summed E-state index contributed by atoms with van der Waals surface area (Å²) in [5.41, 5.74) is 1.05. The predicted octanol–water partition coefficient (Wildman–Crippen LogP) is 2.99. The molecule has 0 spiro atoms. The van der Waals surface area contributed by atoms with E-state index >= 15 is 0 Å². The molecule has 1 atom stereocenters. The Morgan fingerprint density at radius 2 is 1.95 bits per heavy atom. The molecule has 1 aliphatic rings. The van der Waals surface area contributed by atoms with Crippen molar-refractivity contribution in [3.05, 3.63) is 48.6 Å². The number of nitrogens with zero attached hydrogens (tertiary/aromatic N) is 1. The Kier molecular flexibility index (Phi) is 4.76. The number of likely N-dealkylation sites (tertiary alicyclic amines) is 1. The number of piperidine rings is 1. The second kappa shape index (κ2) is 6.75. The molecule has 0 N–H and O–H groups in total. The summed E-state index contributed by atoms with van der Waals surface area (Å²) >= 11 is 0. The third kappa shape index (κ3) is 3.38. The Labute approximate surface area is 117 Å². The van der Waals surface area contributed by atoms with Crippen LogP contribution in [0.25, 0.3) is 0 Å². The molecule has 2 rings (SSSR count). The van der Waals surface area contributed by atoms with Gasteiger partial charge in [0.15, 0.2) is 0 Å². The van der Waals surface area contributed by atoms with Gasteiger partial charge in [-0.25, -0.2) is 19.4 Å². The van der Waals surface area contributed by atoms with Gasteiger partial charge in [-0.1, -0.05) is 36.9 Å². The first-order chi connectivity index (χ1) is 9.72. The van der Waals surface area contributed by atoms with Crippen molar-refractivity contribution < 1.29 is 19.4 Å². The molecule has 5 heteroatoms. The molecule has 20 heavy (non-hydrogen) atoms. The first-order valence-electron chi connectivity index (χ1n) is 6.59. The van der Waals surface area contributed by atoms with Gasteiger partial charge < -0.3 is 0 Å². The largest absolute Gasteiger partial charge is 0.453 e. The molecule has 1 aromatic rings. The van der Waals surface area contributed by atoms with Crippen LogP contribution in [-0.4, -0.2) is 23.5 Å². The molecule has 106 valence electrons. The zero-order valence-electron chi connectivity index (χ0n) is 11.2. The van der Waals surface area contributed by atoms with Gasteiger partial charge in [-0.15, -0.1) is 0 Å². The van der Waals surface area contributed by atoms with Gasteiger partial charge >= 0.3 is 12.1 Å². The molecule has 0 saturated carbocycles. The Balaban J connectivity index is 2.05. The summed E-state index contributed by atoms with van der Waals surface area (Å²) in [6, 6.07) is 9.72. The van der Waals surface area contributed by atoms with Crippen LogP contribution in [0.4, 0.5) is 4.79 Å². The van der Waals surface area contributed by atoms with Gasteiger partial charge in [-0.3, -0.25) is 4.90 Å². The fourth-order valence-electron chi connectivity index (χ4n) is 2.33. The zero-order chi connectivity index (χ0) is 14.4. The van der Waals surface area contributed by atoms with Gasteiger partial charge in [0.2, 0.25) is 0 Å². The number of amides is 1. The van der Waals surface area contributed by atoms with E-state index in [4.69, 9.17) is 0 Å². The average Bonchev–Trinajstić information content (AvgIpc) is 2.53. The third-order valence-electron chi connectivity index (χ3n) is 3.28. The van der Waals surface area contributed by atoms with Crippen LogP contribution in [0.15, 0.2) is 43.0 Å². The second-order valence-corrected chi connectivity index (χ2v) is 4.57. The van der Waals surface area contributed by atoms with Gasteiger partial charge in [0.05, 0.1) is 6.04 Å². The molecule has 1 unspecified atom stereocenters. The first kappa shape index (κ1) is 14.1. The van der Waals surface area contributed by atoms with Gasteiger partial charge in [0.25, 0.3) is 0 Å². The van der Waals surface area contributed by atoms with Crippen LogP contribution in [0.2, 0.25) is 0 Å². The number of hydrogen-bond acceptors (Lipinski definition) is 4. The summed E-state index contributed by atoms with van der Waals surface area (Å²) in [6.07, 6.45) is 3.13. The number of hydrogen-bond donors (Lipinski definition) is 0. The van der Waals surface area contributed by atoms with Crippen LogP contribution in [0.5, 0.6) is 0 Å². The number of carbonyl (C=O) groups excluding carboxylic acids is 2. The monoisotopic (exact) mass is 275 g/mol. The fraction of sp³-hybridized carbons (Fsp3) is 0.333. The summed E-state index contributed by atoms with van der Waals surface area (Å²) in [4.78, 5) is 33.4. The quantitative estimate of drug-likeness (QED) is 0.473. The van der Waals surface area contributed by atoms with Crippen LogP contribution in [-0.2, 0) is 14.6 Å². The van der Waals surface area contributed by atoms with Gasteiger partial charge in [-0.05, 0) is 24.8 Å². The van der Waals surface area contributed by atoms with E-state index in [1.54, 1.807) is 4.90 Å². The minimum Gasteiger partial charge on any atom is -0.298 e. The normalized spacial score (nSPS) is 18.2. The van der Waals surface area contributed by atoms with Crippen LogP contribution in [0.3, 0.4) is 0 Å². The molecule has 1 aliphatic heterocycles. The zero-order valence-corrected chi connectivity index (χ0v) is 11.2. The Morgan fingerprint density at radius 3 is 2.65 bits per heavy atom. The van der Waals surface area contributed by atoms with E-state index in [-0.39, 0.29) is 6.04 Å². The van der Waals surface area contributed by atoms with Crippen LogP contribution in [0, 0.1) is 0 Å². The molecular formula is C15H17NO4. The van der Waals surface area contributed by atoms with Gasteiger partial charge in [0, 0.05) is 12.6 Å². The Morgan fingerprint density at radius 1 is 1.20 bits per heavy atom. The summed E-state index contributed by atoms with van der Waals surface area (Å²) in [7, 11) is 0. The molecule has 1 heterocycles. The molecule has 1 fully saturated rings. The van der Waals surface area contributed by atoms with Crippen molar-refractivity contribution in [1.82, 2.24) is 4.90 Å². The lowest BCUT2D eigenvalue weighted by Gasteiger charge is -2.34. The van der Waals surface area contributed by atoms with Crippen LogP contribution < -0.4 is 0 Å². The van der Waals surface area contributed by atoms with Gasteiger partial charge in [-0.2, -0.15) is 0 Å². The highest BCUT2D eigenvalue weighted by atomic mass is 17.2. The van der Waals surface area contributed by atoms with E-state index in [2.05, 4.69) is 16.4 Å². The standard InChI is InChI=1S/C15H17NO4/c1-2-14(17)19-20-15(18)16-11-7-6-10-13(16)12-8-4-3-5-9-12/h2-5,8-9,13H,1,6-7,10-11H2. The SMILES string of the molecule is C=CC(=O)OOC(=O)N1CCCCC1c1ccccc1. The fourth-order valence-corrected chi connectivity index (χ4v) is 2.33. The minimum absolute atomic E-state index is 0.0418. The number of benzene rings is 1. The van der Waals surface area contributed by atoms with E-state index in [0.717, 1.165) is 30.9 Å². The van der Waals surface area contributed by atoms with Crippen LogP contribution >= 0.6 is 0 Å². The van der Waals surface area contributed by atoms with Gasteiger partial charge in [0.1, 0.15) is 0 Å². The molecule has 1 saturated heterocycles. The van der Waals surface area contributed by atoms with Crippen molar-refractivity contribution in [2.24, 2.45) is 0 Å². The molecule has 0 radical (unpaired) electrons. The van der Waals surface area contributed by atoms with E-state index in [1.807, 2.05) is 30.3 Å². The predicted molar refractivity (Wildman–Crippen MR) is 72.5 cm³/mol. The highest BCUT2D eigenvalue weighted by Gasteiger charge is 2.30. The molecular weight excluding hydrogens is 258 g/mol. The lowest BCUT2D eigenvalue weighted by Crippen LogP contribution is -2.39. The maximum absolute atomic E-state index is 12.0. The smallest absolute Gasteiger partial charge is 0.298 e. The third-order valence-corrected chi connectivity index (χ3v) is 3.28. The summed E-state index contributed by atoms with van der Waals surface area (Å²) in [5.74, 6) is -0.786. The van der Waals surface area contributed by atoms with E-state index in [9.17, 15) is 9.59 Å². The molecule has 0 aliphatic carbocycles. The second-order valence-electron chi connectivity index (χ2n) is 4.57. The van der Waals surface area contributed by atoms with Crippen molar-refractivity contribution in [2.45, 2.75) is 25.3 Å². The van der Waals surface area contributed by atoms with E-state index in [1.165, 1.54) is 0 Å². The number of rotatable bonds is 2. The first-order valence-corrected chi connectivity index (χ1v) is 6.59. The summed E-state index contributed by atoms with van der Waals surface area (Å²) in [6.45, 7) is 3.82. The van der Waals surface area contributed by atoms with E-state index in [0.29, 0.717) is 6.54 Å². The lowest BCUT2D eigenvalue weighted by atomic mass is 9.96. The Hall–Kier alpha value is -2.30. The van der Waals surface area contributed by atoms with Crippen molar-refractivity contribution >= 4 is 12.1 Å². The highest BCUT2D eigenvalue weighted by molar-refractivity contribution is 5.81. The Bertz CT molecular complexity index is 486. The lowest BCUT2D eigenvalue weighted by molar-refractivity contribution is -0.232. The molecule has 0 aromatic heterocycles. The highest BCUT2D eigenvalue weighted by Crippen LogP contribution is 2.31. The molecule has 1 aromatic carbocycles. The minimum atomic E-state index is -0.786. The summed E-state index contributed by atoms with van der Waals surface area (Å²) in [5, 5.41) is 0. The number of carbonyl (C=O) groups is 2. The maximum Gasteiger partial charge on any atom is 0.453 e. The molecule has 0 bridgehead atoms. The average molecular weight is 275 g/mol. The molecule has 5 nitrogen and oxygen atoms in total. The van der Waals surface area contributed by atoms with Crippen molar-refractivity contribution in [3.8, 4) is 0 Å². The van der Waals surface area contributed by atoms with Crippen molar-refractivity contribution in [2.75, 3.05) is 6.54 Å². The maximum atomic E-state index is 12.0.